The number of nitrogens with zero attached hydrogens (tertiary/aromatic N) is 1. The Morgan fingerprint density at radius 3 is 3.00 bits per heavy atom. The molecule has 0 aliphatic carbocycles. The number of hydrogen-bond acceptors (Lipinski definition) is 4. The maximum Gasteiger partial charge on any atom is 0.240 e. The van der Waals surface area contributed by atoms with E-state index in [0.717, 1.165) is 0 Å². The van der Waals surface area contributed by atoms with E-state index < -0.39 is 12.5 Å². The number of aliphatic hydroxyl groups is 2. The first kappa shape index (κ1) is 7.97. The van der Waals surface area contributed by atoms with Crippen LogP contribution in [0, 0.1) is 0 Å². The summed E-state index contributed by atoms with van der Waals surface area (Å²) in [5, 5.41) is 21.0. The normalized spacial score (nSPS) is 42.5. The molecule has 0 aromatic heterocycles. The number of fused-ring (bicyclic) bond motifs is 1. The van der Waals surface area contributed by atoms with Crippen LogP contribution in [0.1, 0.15) is 12.8 Å². The van der Waals surface area contributed by atoms with Crippen LogP contribution in [0.4, 0.5) is 0 Å². The Morgan fingerprint density at radius 1 is 1.50 bits per heavy atom. The predicted octanol–water partition coefficient (Wildman–Crippen LogP) is -1.78. The summed E-state index contributed by atoms with van der Waals surface area (Å²) in [7, 11) is 0. The van der Waals surface area contributed by atoms with Crippen molar-refractivity contribution >= 4 is 5.91 Å². The maximum atomic E-state index is 11.1. The van der Waals surface area contributed by atoms with Crippen LogP contribution in [0.15, 0.2) is 0 Å². The fraction of sp³-hybridized carbons (Fsp3) is 0.857. The van der Waals surface area contributed by atoms with Crippen LogP contribution in [0.2, 0.25) is 0 Å². The average molecular weight is 172 g/mol. The molecule has 5 nitrogen and oxygen atoms in total. The van der Waals surface area contributed by atoms with E-state index in [1.54, 1.807) is 4.90 Å². The van der Waals surface area contributed by atoms with Gasteiger partial charge in [-0.15, -0.1) is 0 Å². The monoisotopic (exact) mass is 172 g/mol. The molecule has 2 aliphatic heterocycles. The van der Waals surface area contributed by atoms with Crippen LogP contribution in [0.3, 0.4) is 0 Å². The zero-order valence-electron chi connectivity index (χ0n) is 6.60. The van der Waals surface area contributed by atoms with Gasteiger partial charge < -0.3 is 15.5 Å². The Hall–Kier alpha value is -0.650. The number of rotatable bonds is 0. The molecule has 5 heteroatoms. The third kappa shape index (κ3) is 1.10. The molecule has 2 heterocycles. The predicted molar refractivity (Wildman–Crippen MR) is 39.9 cm³/mol. The Balaban J connectivity index is 2.12. The lowest BCUT2D eigenvalue weighted by atomic mass is 10.0. The lowest BCUT2D eigenvalue weighted by molar-refractivity contribution is -0.123. The summed E-state index contributed by atoms with van der Waals surface area (Å²) in [5.74, 6) is -0.179. The number of nitrogens with one attached hydrogen (secondary N) is 1. The van der Waals surface area contributed by atoms with Gasteiger partial charge in [0, 0.05) is 6.54 Å². The number of aliphatic hydroxyl groups excluding tert-OH is 2. The molecular weight excluding hydrogens is 160 g/mol. The second kappa shape index (κ2) is 2.69. The lowest BCUT2D eigenvalue weighted by Gasteiger charge is -2.31. The minimum absolute atomic E-state index is 0.179. The highest BCUT2D eigenvalue weighted by atomic mass is 16.3. The van der Waals surface area contributed by atoms with Crippen molar-refractivity contribution in [1.82, 2.24) is 10.2 Å². The molecule has 0 aromatic carbocycles. The minimum atomic E-state index is -0.852. The van der Waals surface area contributed by atoms with Gasteiger partial charge in [0.1, 0.15) is 0 Å². The summed E-state index contributed by atoms with van der Waals surface area (Å²) in [6.07, 6.45) is -0.192. The smallest absolute Gasteiger partial charge is 0.240 e. The zero-order valence-corrected chi connectivity index (χ0v) is 6.60. The summed E-state index contributed by atoms with van der Waals surface area (Å²) in [6.45, 7) is 0.575. The van der Waals surface area contributed by atoms with Gasteiger partial charge in [0.05, 0.1) is 12.1 Å². The summed E-state index contributed by atoms with van der Waals surface area (Å²) in [4.78, 5) is 12.8. The molecule has 0 saturated carbocycles. The fourth-order valence-corrected chi connectivity index (χ4v) is 1.82. The van der Waals surface area contributed by atoms with Crippen molar-refractivity contribution < 1.29 is 15.0 Å². The summed E-state index contributed by atoms with van der Waals surface area (Å²) >= 11 is 0. The number of amides is 1. The van der Waals surface area contributed by atoms with E-state index in [9.17, 15) is 15.0 Å². The van der Waals surface area contributed by atoms with Crippen molar-refractivity contribution in [2.24, 2.45) is 0 Å². The van der Waals surface area contributed by atoms with Crippen molar-refractivity contribution in [2.75, 3.05) is 6.54 Å². The fourth-order valence-electron chi connectivity index (χ4n) is 1.82. The number of carbonyl (C=O) groups is 1. The van der Waals surface area contributed by atoms with Crippen LogP contribution >= 0.6 is 0 Å². The number of carbonyl (C=O) groups excluding carboxylic acids is 1. The Morgan fingerprint density at radius 2 is 2.25 bits per heavy atom. The van der Waals surface area contributed by atoms with Gasteiger partial charge in [0.25, 0.3) is 0 Å². The molecule has 2 aliphatic rings. The van der Waals surface area contributed by atoms with E-state index >= 15 is 0 Å². The summed E-state index contributed by atoms with van der Waals surface area (Å²) < 4.78 is 0. The molecule has 2 rings (SSSR count). The molecule has 3 N–H and O–H groups in total. The van der Waals surface area contributed by atoms with Gasteiger partial charge in [0.2, 0.25) is 5.91 Å². The van der Waals surface area contributed by atoms with Gasteiger partial charge in [-0.05, 0) is 12.8 Å². The molecule has 2 saturated heterocycles. The van der Waals surface area contributed by atoms with Crippen molar-refractivity contribution in [3.05, 3.63) is 0 Å². The number of hydrogen-bond donors (Lipinski definition) is 3. The first-order valence-electron chi connectivity index (χ1n) is 4.11. The van der Waals surface area contributed by atoms with Gasteiger partial charge >= 0.3 is 0 Å². The van der Waals surface area contributed by atoms with E-state index in [-0.39, 0.29) is 11.9 Å². The molecule has 0 aromatic rings. The van der Waals surface area contributed by atoms with E-state index in [2.05, 4.69) is 5.32 Å². The van der Waals surface area contributed by atoms with Gasteiger partial charge in [-0.1, -0.05) is 0 Å². The molecule has 3 unspecified atom stereocenters. The van der Waals surface area contributed by atoms with Crippen LogP contribution in [-0.4, -0.2) is 46.1 Å². The van der Waals surface area contributed by atoms with Crippen molar-refractivity contribution in [3.8, 4) is 0 Å². The van der Waals surface area contributed by atoms with Gasteiger partial charge in [-0.3, -0.25) is 4.79 Å². The summed E-state index contributed by atoms with van der Waals surface area (Å²) in [5.41, 5.74) is 0. The molecular formula is C7H12N2O3. The van der Waals surface area contributed by atoms with Crippen molar-refractivity contribution in [3.63, 3.8) is 0 Å². The van der Waals surface area contributed by atoms with Crippen molar-refractivity contribution in [2.45, 2.75) is 31.3 Å². The second-order valence-electron chi connectivity index (χ2n) is 3.31. The largest absolute Gasteiger partial charge is 0.393 e. The van der Waals surface area contributed by atoms with E-state index in [4.69, 9.17) is 0 Å². The standard InChI is InChI=1S/C7H12N2O3/c10-4-1-2-9-5(3-4)6(11)8-7(9)12/h4-5,7,10,12H,1-3H2,(H,8,11). The molecule has 68 valence electrons. The second-order valence-corrected chi connectivity index (χ2v) is 3.31. The lowest BCUT2D eigenvalue weighted by Crippen LogP contribution is -2.46. The highest BCUT2D eigenvalue weighted by Gasteiger charge is 2.42. The summed E-state index contributed by atoms with van der Waals surface area (Å²) in [6, 6.07) is -0.330. The maximum absolute atomic E-state index is 11.1. The molecule has 2 fully saturated rings. The quantitative estimate of drug-likeness (QED) is 0.404. The Bertz CT molecular complexity index is 209. The van der Waals surface area contributed by atoms with E-state index in [1.165, 1.54) is 0 Å². The Kier molecular flexibility index (Phi) is 1.79. The molecule has 3 atom stereocenters. The van der Waals surface area contributed by atoms with E-state index in [0.29, 0.717) is 19.4 Å². The minimum Gasteiger partial charge on any atom is -0.393 e. The topological polar surface area (TPSA) is 72.8 Å². The SMILES string of the molecule is O=C1NC(O)N2CCC(O)CC12. The third-order valence-electron chi connectivity index (χ3n) is 2.50. The van der Waals surface area contributed by atoms with Gasteiger partial charge in [0.15, 0.2) is 6.35 Å². The van der Waals surface area contributed by atoms with Crippen LogP contribution in [0.25, 0.3) is 0 Å². The van der Waals surface area contributed by atoms with E-state index in [1.807, 2.05) is 0 Å². The zero-order chi connectivity index (χ0) is 8.72. The Labute approximate surface area is 70.0 Å². The van der Waals surface area contributed by atoms with Crippen LogP contribution in [-0.2, 0) is 4.79 Å². The highest BCUT2D eigenvalue weighted by molar-refractivity contribution is 5.84. The first-order chi connectivity index (χ1) is 5.68. The van der Waals surface area contributed by atoms with Crippen molar-refractivity contribution in [1.29, 1.82) is 0 Å². The molecule has 0 radical (unpaired) electrons. The van der Waals surface area contributed by atoms with Crippen LogP contribution in [0.5, 0.6) is 0 Å². The number of piperidine rings is 1. The average Bonchev–Trinajstić information content (AvgIpc) is 2.28. The third-order valence-corrected chi connectivity index (χ3v) is 2.50. The van der Waals surface area contributed by atoms with Gasteiger partial charge in [-0.25, -0.2) is 4.90 Å². The molecule has 12 heavy (non-hydrogen) atoms. The first-order valence-corrected chi connectivity index (χ1v) is 4.11. The van der Waals surface area contributed by atoms with Crippen LogP contribution < -0.4 is 5.32 Å². The molecule has 1 amide bonds. The molecule has 0 bridgehead atoms. The molecule has 0 spiro atoms. The highest BCUT2D eigenvalue weighted by Crippen LogP contribution is 2.22. The van der Waals surface area contributed by atoms with Gasteiger partial charge in [-0.2, -0.15) is 0 Å².